The molecular weight excluding hydrogens is 252 g/mol. The van der Waals surface area contributed by atoms with Crippen LogP contribution in [-0.4, -0.2) is 46.6 Å². The average molecular weight is 270 g/mol. The maximum absolute atomic E-state index is 11.8. The Bertz CT molecular complexity index is 518. The predicted octanol–water partition coefficient (Wildman–Crippen LogP) is -1.63. The predicted molar refractivity (Wildman–Crippen MR) is 67.4 cm³/mol. The van der Waals surface area contributed by atoms with Gasteiger partial charge in [0.05, 0.1) is 12.6 Å². The lowest BCUT2D eigenvalue weighted by atomic mass is 10.1. The molecule has 5 N–H and O–H groups in total. The fourth-order valence-corrected chi connectivity index (χ4v) is 2.23. The fourth-order valence-electron chi connectivity index (χ4n) is 2.23. The summed E-state index contributed by atoms with van der Waals surface area (Å²) in [6.45, 7) is 1.49. The number of nitrogens with zero attached hydrogens (tertiary/aromatic N) is 2. The maximum atomic E-state index is 11.8. The van der Waals surface area contributed by atoms with Gasteiger partial charge in [0, 0.05) is 18.9 Å². The number of aliphatic hydroxyl groups excluding tert-OH is 1. The molecule has 8 heteroatoms. The standard InChI is InChI=1S/C11H18N4O4/c1-5-3-15(11(17)14-9(5)13)10-7(12)8(18-2)6(4-16)19-10/h3,6-8,10,16H,4,12H2,1-2H3,(H2,13,14,17). The second-order valence-corrected chi connectivity index (χ2v) is 4.52. The summed E-state index contributed by atoms with van der Waals surface area (Å²) in [5, 5.41) is 9.23. The highest BCUT2D eigenvalue weighted by Gasteiger charge is 2.43. The second kappa shape index (κ2) is 5.25. The van der Waals surface area contributed by atoms with Crippen molar-refractivity contribution in [3.8, 4) is 0 Å². The molecule has 106 valence electrons. The van der Waals surface area contributed by atoms with Crippen LogP contribution in [0.4, 0.5) is 5.82 Å². The van der Waals surface area contributed by atoms with Gasteiger partial charge in [0.25, 0.3) is 0 Å². The van der Waals surface area contributed by atoms with Gasteiger partial charge in [-0.05, 0) is 6.92 Å². The van der Waals surface area contributed by atoms with Crippen molar-refractivity contribution >= 4 is 5.82 Å². The minimum Gasteiger partial charge on any atom is -0.394 e. The normalized spacial score (nSPS) is 30.7. The summed E-state index contributed by atoms with van der Waals surface area (Å²) >= 11 is 0. The summed E-state index contributed by atoms with van der Waals surface area (Å²) in [5.41, 5.74) is 11.7. The summed E-state index contributed by atoms with van der Waals surface area (Å²) in [7, 11) is 1.48. The number of aryl methyl sites for hydroxylation is 1. The number of nitrogens with two attached hydrogens (primary N) is 2. The molecule has 19 heavy (non-hydrogen) atoms. The van der Waals surface area contributed by atoms with Crippen molar-refractivity contribution in [2.45, 2.75) is 31.4 Å². The number of aromatic nitrogens is 2. The third kappa shape index (κ3) is 2.35. The molecule has 1 aromatic heterocycles. The summed E-state index contributed by atoms with van der Waals surface area (Å²) in [5.74, 6) is 0.176. The van der Waals surface area contributed by atoms with Crippen molar-refractivity contribution in [1.29, 1.82) is 0 Å². The Morgan fingerprint density at radius 1 is 1.63 bits per heavy atom. The van der Waals surface area contributed by atoms with Crippen molar-refractivity contribution in [2.75, 3.05) is 19.5 Å². The molecule has 1 aliphatic rings. The number of methoxy groups -OCH3 is 1. The van der Waals surface area contributed by atoms with E-state index in [0.29, 0.717) is 5.56 Å². The van der Waals surface area contributed by atoms with E-state index in [1.807, 2.05) is 0 Å². The minimum atomic E-state index is -0.735. The molecule has 0 aromatic carbocycles. The molecule has 2 rings (SSSR count). The second-order valence-electron chi connectivity index (χ2n) is 4.52. The average Bonchev–Trinajstić information content (AvgIpc) is 2.70. The van der Waals surface area contributed by atoms with E-state index in [2.05, 4.69) is 4.98 Å². The van der Waals surface area contributed by atoms with E-state index in [4.69, 9.17) is 20.9 Å². The van der Waals surface area contributed by atoms with Gasteiger partial charge in [-0.3, -0.25) is 4.57 Å². The van der Waals surface area contributed by atoms with Crippen molar-refractivity contribution in [3.63, 3.8) is 0 Å². The van der Waals surface area contributed by atoms with Crippen LogP contribution in [0.2, 0.25) is 0 Å². The minimum absolute atomic E-state index is 0.176. The zero-order valence-corrected chi connectivity index (χ0v) is 10.8. The zero-order valence-electron chi connectivity index (χ0n) is 10.8. The number of hydrogen-bond acceptors (Lipinski definition) is 7. The first-order valence-electron chi connectivity index (χ1n) is 5.89. The lowest BCUT2D eigenvalue weighted by Gasteiger charge is -2.19. The Kier molecular flexibility index (Phi) is 3.85. The van der Waals surface area contributed by atoms with E-state index in [1.54, 1.807) is 13.1 Å². The molecule has 0 bridgehead atoms. The molecule has 1 aliphatic heterocycles. The van der Waals surface area contributed by atoms with Gasteiger partial charge in [-0.1, -0.05) is 0 Å². The molecule has 1 fully saturated rings. The van der Waals surface area contributed by atoms with Crippen LogP contribution >= 0.6 is 0 Å². The Morgan fingerprint density at radius 2 is 2.32 bits per heavy atom. The quantitative estimate of drug-likeness (QED) is 0.601. The molecule has 2 heterocycles. The van der Waals surface area contributed by atoms with Crippen molar-refractivity contribution < 1.29 is 14.6 Å². The number of ether oxygens (including phenoxy) is 2. The fraction of sp³-hybridized carbons (Fsp3) is 0.636. The van der Waals surface area contributed by atoms with E-state index in [0.717, 1.165) is 0 Å². The highest BCUT2D eigenvalue weighted by atomic mass is 16.6. The van der Waals surface area contributed by atoms with Crippen molar-refractivity contribution in [1.82, 2.24) is 9.55 Å². The topological polar surface area (TPSA) is 126 Å². The van der Waals surface area contributed by atoms with E-state index in [9.17, 15) is 9.90 Å². The van der Waals surface area contributed by atoms with E-state index < -0.39 is 30.2 Å². The molecule has 8 nitrogen and oxygen atoms in total. The van der Waals surface area contributed by atoms with Gasteiger partial charge in [-0.25, -0.2) is 4.79 Å². The summed E-state index contributed by atoms with van der Waals surface area (Å²) < 4.78 is 12.0. The van der Waals surface area contributed by atoms with E-state index in [-0.39, 0.29) is 12.4 Å². The first-order chi connectivity index (χ1) is 8.99. The smallest absolute Gasteiger partial charge is 0.351 e. The van der Waals surface area contributed by atoms with Gasteiger partial charge in [0.15, 0.2) is 6.23 Å². The maximum Gasteiger partial charge on any atom is 0.351 e. The van der Waals surface area contributed by atoms with Crippen LogP contribution < -0.4 is 17.2 Å². The molecule has 4 unspecified atom stereocenters. The third-order valence-electron chi connectivity index (χ3n) is 3.29. The molecule has 4 atom stereocenters. The number of anilines is 1. The lowest BCUT2D eigenvalue weighted by Crippen LogP contribution is -2.43. The van der Waals surface area contributed by atoms with Crippen LogP contribution in [-0.2, 0) is 9.47 Å². The van der Waals surface area contributed by atoms with E-state index in [1.165, 1.54) is 11.7 Å². The Morgan fingerprint density at radius 3 is 2.84 bits per heavy atom. The number of nitrogen functional groups attached to an aromatic ring is 1. The molecule has 0 spiro atoms. The molecule has 1 aromatic rings. The summed E-state index contributed by atoms with van der Waals surface area (Å²) in [6.07, 6.45) is -0.252. The van der Waals surface area contributed by atoms with Crippen molar-refractivity contribution in [2.24, 2.45) is 5.73 Å². The van der Waals surface area contributed by atoms with E-state index >= 15 is 0 Å². The zero-order chi connectivity index (χ0) is 14.2. The Hall–Kier alpha value is -1.48. The monoisotopic (exact) mass is 270 g/mol. The third-order valence-corrected chi connectivity index (χ3v) is 3.29. The summed E-state index contributed by atoms with van der Waals surface area (Å²) in [4.78, 5) is 15.5. The number of hydrogen-bond donors (Lipinski definition) is 3. The van der Waals surface area contributed by atoms with Crippen LogP contribution in [0.15, 0.2) is 11.0 Å². The Labute approximate surface area is 109 Å². The highest BCUT2D eigenvalue weighted by Crippen LogP contribution is 2.28. The largest absolute Gasteiger partial charge is 0.394 e. The highest BCUT2D eigenvalue weighted by molar-refractivity contribution is 5.35. The van der Waals surface area contributed by atoms with Gasteiger partial charge in [0.1, 0.15) is 18.0 Å². The van der Waals surface area contributed by atoms with Crippen molar-refractivity contribution in [3.05, 3.63) is 22.2 Å². The van der Waals surface area contributed by atoms with Gasteiger partial charge in [0.2, 0.25) is 0 Å². The Balaban J connectivity index is 2.38. The van der Waals surface area contributed by atoms with Crippen LogP contribution in [0.25, 0.3) is 0 Å². The van der Waals surface area contributed by atoms with Gasteiger partial charge >= 0.3 is 5.69 Å². The number of aliphatic hydroxyl groups is 1. The molecule has 1 saturated heterocycles. The molecule has 0 aliphatic carbocycles. The van der Waals surface area contributed by atoms with Gasteiger partial charge in [-0.15, -0.1) is 0 Å². The lowest BCUT2D eigenvalue weighted by molar-refractivity contribution is -0.0536. The summed E-state index contributed by atoms with van der Waals surface area (Å²) in [6, 6.07) is -0.579. The first kappa shape index (κ1) is 13.9. The van der Waals surface area contributed by atoms with Crippen LogP contribution in [0.5, 0.6) is 0 Å². The molecular formula is C11H18N4O4. The molecule has 0 amide bonds. The SMILES string of the molecule is COC1C(CO)OC(n2cc(C)c(N)nc2=O)C1N. The van der Waals surface area contributed by atoms with Crippen LogP contribution in [0.1, 0.15) is 11.8 Å². The van der Waals surface area contributed by atoms with Crippen LogP contribution in [0.3, 0.4) is 0 Å². The first-order valence-corrected chi connectivity index (χ1v) is 5.89. The molecule has 0 radical (unpaired) electrons. The van der Waals surface area contributed by atoms with Gasteiger partial charge in [-0.2, -0.15) is 4.98 Å². The number of rotatable bonds is 3. The molecule has 0 saturated carbocycles. The van der Waals surface area contributed by atoms with Crippen LogP contribution in [0, 0.1) is 6.92 Å². The van der Waals surface area contributed by atoms with Gasteiger partial charge < -0.3 is 26.0 Å².